The van der Waals surface area contributed by atoms with E-state index in [-0.39, 0.29) is 17.2 Å². The van der Waals surface area contributed by atoms with Crippen molar-refractivity contribution in [3.8, 4) is 0 Å². The van der Waals surface area contributed by atoms with Crippen LogP contribution in [0.4, 0.5) is 10.1 Å². The Balaban J connectivity index is 1.97. The molecular formula is C14H17FN4O. The highest BCUT2D eigenvalue weighted by Gasteiger charge is 2.11. The fourth-order valence-electron chi connectivity index (χ4n) is 1.88. The van der Waals surface area contributed by atoms with E-state index < -0.39 is 5.82 Å². The molecular weight excluding hydrogens is 259 g/mol. The van der Waals surface area contributed by atoms with Crippen molar-refractivity contribution in [2.45, 2.75) is 13.3 Å². The van der Waals surface area contributed by atoms with E-state index in [4.69, 9.17) is 5.73 Å². The lowest BCUT2D eigenvalue weighted by atomic mass is 10.1. The van der Waals surface area contributed by atoms with E-state index >= 15 is 0 Å². The van der Waals surface area contributed by atoms with Gasteiger partial charge in [0.25, 0.3) is 5.91 Å². The van der Waals surface area contributed by atoms with Gasteiger partial charge in [-0.2, -0.15) is 5.10 Å². The van der Waals surface area contributed by atoms with Gasteiger partial charge in [-0.15, -0.1) is 0 Å². The van der Waals surface area contributed by atoms with Crippen LogP contribution in [0.2, 0.25) is 0 Å². The SMILES string of the molecule is Cc1c(N)cc(C(=O)NCCc2ccnn2C)cc1F. The summed E-state index contributed by atoms with van der Waals surface area (Å²) in [5.41, 5.74) is 7.54. The molecule has 0 saturated heterocycles. The van der Waals surface area contributed by atoms with E-state index in [2.05, 4.69) is 10.4 Å². The van der Waals surface area contributed by atoms with Gasteiger partial charge in [0.15, 0.2) is 0 Å². The Morgan fingerprint density at radius 3 is 2.85 bits per heavy atom. The summed E-state index contributed by atoms with van der Waals surface area (Å²) in [6.07, 6.45) is 2.36. The average Bonchev–Trinajstić information content (AvgIpc) is 2.81. The molecule has 0 radical (unpaired) electrons. The predicted molar refractivity (Wildman–Crippen MR) is 74.8 cm³/mol. The van der Waals surface area contributed by atoms with Crippen molar-refractivity contribution in [1.82, 2.24) is 15.1 Å². The van der Waals surface area contributed by atoms with Crippen LogP contribution in [-0.4, -0.2) is 22.2 Å². The van der Waals surface area contributed by atoms with Crippen LogP contribution in [-0.2, 0) is 13.5 Å². The van der Waals surface area contributed by atoms with Crippen molar-refractivity contribution >= 4 is 11.6 Å². The van der Waals surface area contributed by atoms with Crippen molar-refractivity contribution < 1.29 is 9.18 Å². The molecule has 20 heavy (non-hydrogen) atoms. The monoisotopic (exact) mass is 276 g/mol. The molecule has 0 atom stereocenters. The number of anilines is 1. The van der Waals surface area contributed by atoms with Crippen molar-refractivity contribution in [3.63, 3.8) is 0 Å². The van der Waals surface area contributed by atoms with Gasteiger partial charge in [-0.25, -0.2) is 4.39 Å². The van der Waals surface area contributed by atoms with Crippen LogP contribution in [0.1, 0.15) is 21.6 Å². The molecule has 0 saturated carbocycles. The molecule has 0 unspecified atom stereocenters. The molecule has 106 valence electrons. The number of amides is 1. The third kappa shape index (κ3) is 2.96. The maximum absolute atomic E-state index is 13.5. The second kappa shape index (κ2) is 5.73. The first-order valence-electron chi connectivity index (χ1n) is 6.29. The number of nitrogen functional groups attached to an aromatic ring is 1. The van der Waals surface area contributed by atoms with Crippen LogP contribution < -0.4 is 11.1 Å². The number of nitrogens with zero attached hydrogens (tertiary/aromatic N) is 2. The van der Waals surface area contributed by atoms with E-state index in [1.807, 2.05) is 13.1 Å². The number of nitrogens with two attached hydrogens (primary N) is 1. The summed E-state index contributed by atoms with van der Waals surface area (Å²) in [6, 6.07) is 4.57. The fourth-order valence-corrected chi connectivity index (χ4v) is 1.88. The lowest BCUT2D eigenvalue weighted by Gasteiger charge is -2.08. The van der Waals surface area contributed by atoms with Gasteiger partial charge in [0.05, 0.1) is 0 Å². The minimum Gasteiger partial charge on any atom is -0.398 e. The number of halogens is 1. The fraction of sp³-hybridized carbons (Fsp3) is 0.286. The summed E-state index contributed by atoms with van der Waals surface area (Å²) in [7, 11) is 1.84. The Morgan fingerprint density at radius 2 is 2.25 bits per heavy atom. The number of carbonyl (C=O) groups excluding carboxylic acids is 1. The Hall–Kier alpha value is -2.37. The predicted octanol–water partition coefficient (Wildman–Crippen LogP) is 1.42. The summed E-state index contributed by atoms with van der Waals surface area (Å²) >= 11 is 0. The number of nitrogens with one attached hydrogen (secondary N) is 1. The first-order chi connectivity index (χ1) is 9.49. The highest BCUT2D eigenvalue weighted by atomic mass is 19.1. The maximum atomic E-state index is 13.5. The van der Waals surface area contributed by atoms with E-state index in [0.29, 0.717) is 18.5 Å². The van der Waals surface area contributed by atoms with Crippen LogP contribution in [0.5, 0.6) is 0 Å². The molecule has 1 aromatic heterocycles. The molecule has 0 fully saturated rings. The summed E-state index contributed by atoms with van der Waals surface area (Å²) < 4.78 is 15.3. The van der Waals surface area contributed by atoms with Gasteiger partial charge in [0.2, 0.25) is 0 Å². The van der Waals surface area contributed by atoms with E-state index in [9.17, 15) is 9.18 Å². The molecule has 0 bridgehead atoms. The molecule has 0 aliphatic rings. The molecule has 1 amide bonds. The quantitative estimate of drug-likeness (QED) is 0.830. The van der Waals surface area contributed by atoms with Gasteiger partial charge in [0, 0.05) is 48.7 Å². The number of hydrogen-bond donors (Lipinski definition) is 2. The zero-order valence-electron chi connectivity index (χ0n) is 11.5. The normalized spacial score (nSPS) is 10.6. The standard InChI is InChI=1S/C14H17FN4O/c1-9-12(15)7-10(8-13(9)16)14(20)17-5-3-11-4-6-18-19(11)2/h4,6-8H,3,5,16H2,1-2H3,(H,17,20). The topological polar surface area (TPSA) is 72.9 Å². The zero-order valence-corrected chi connectivity index (χ0v) is 11.5. The number of hydrogen-bond acceptors (Lipinski definition) is 3. The van der Waals surface area contributed by atoms with E-state index in [0.717, 1.165) is 5.69 Å². The second-order valence-electron chi connectivity index (χ2n) is 4.62. The third-order valence-electron chi connectivity index (χ3n) is 3.24. The Kier molecular flexibility index (Phi) is 4.02. The minimum absolute atomic E-state index is 0.232. The van der Waals surface area contributed by atoms with Gasteiger partial charge in [0.1, 0.15) is 5.82 Å². The molecule has 0 aliphatic carbocycles. The number of benzene rings is 1. The Labute approximate surface area is 116 Å². The summed E-state index contributed by atoms with van der Waals surface area (Å²) in [4.78, 5) is 11.9. The largest absolute Gasteiger partial charge is 0.398 e. The molecule has 0 spiro atoms. The Morgan fingerprint density at radius 1 is 1.50 bits per heavy atom. The third-order valence-corrected chi connectivity index (χ3v) is 3.24. The smallest absolute Gasteiger partial charge is 0.251 e. The first-order valence-corrected chi connectivity index (χ1v) is 6.29. The zero-order chi connectivity index (χ0) is 14.7. The summed E-state index contributed by atoms with van der Waals surface area (Å²) in [5.74, 6) is -0.806. The molecule has 1 aromatic carbocycles. The van der Waals surface area contributed by atoms with Gasteiger partial charge >= 0.3 is 0 Å². The maximum Gasteiger partial charge on any atom is 0.251 e. The van der Waals surface area contributed by atoms with Crippen molar-refractivity contribution in [1.29, 1.82) is 0 Å². The van der Waals surface area contributed by atoms with E-state index in [1.54, 1.807) is 17.8 Å². The van der Waals surface area contributed by atoms with Gasteiger partial charge in [-0.05, 0) is 25.1 Å². The summed E-state index contributed by atoms with van der Waals surface area (Å²) in [5, 5.41) is 6.78. The number of carbonyl (C=O) groups is 1. The minimum atomic E-state index is -0.471. The van der Waals surface area contributed by atoms with Crippen molar-refractivity contribution in [2.24, 2.45) is 7.05 Å². The molecule has 3 N–H and O–H groups in total. The average molecular weight is 276 g/mol. The van der Waals surface area contributed by atoms with Crippen LogP contribution in [0.15, 0.2) is 24.4 Å². The second-order valence-corrected chi connectivity index (χ2v) is 4.62. The number of rotatable bonds is 4. The van der Waals surface area contributed by atoms with Crippen LogP contribution in [0, 0.1) is 12.7 Å². The van der Waals surface area contributed by atoms with E-state index in [1.165, 1.54) is 12.1 Å². The van der Waals surface area contributed by atoms with Crippen LogP contribution >= 0.6 is 0 Å². The first kappa shape index (κ1) is 14.0. The Bertz CT molecular complexity index is 613. The molecule has 2 aromatic rings. The molecule has 5 nitrogen and oxygen atoms in total. The lowest BCUT2D eigenvalue weighted by molar-refractivity contribution is 0.0953. The van der Waals surface area contributed by atoms with Crippen LogP contribution in [0.3, 0.4) is 0 Å². The van der Waals surface area contributed by atoms with Gasteiger partial charge in [-0.1, -0.05) is 0 Å². The lowest BCUT2D eigenvalue weighted by Crippen LogP contribution is -2.26. The van der Waals surface area contributed by atoms with Crippen molar-refractivity contribution in [2.75, 3.05) is 12.3 Å². The molecule has 6 heteroatoms. The summed E-state index contributed by atoms with van der Waals surface area (Å²) in [6.45, 7) is 2.03. The van der Waals surface area contributed by atoms with Crippen LogP contribution in [0.25, 0.3) is 0 Å². The highest BCUT2D eigenvalue weighted by molar-refractivity contribution is 5.95. The van der Waals surface area contributed by atoms with Gasteiger partial charge in [-0.3, -0.25) is 9.48 Å². The molecule has 2 rings (SSSR count). The number of aryl methyl sites for hydroxylation is 1. The molecule has 0 aliphatic heterocycles. The van der Waals surface area contributed by atoms with Gasteiger partial charge < -0.3 is 11.1 Å². The number of aromatic nitrogens is 2. The molecule has 1 heterocycles. The van der Waals surface area contributed by atoms with Crippen molar-refractivity contribution in [3.05, 3.63) is 47.0 Å². The highest BCUT2D eigenvalue weighted by Crippen LogP contribution is 2.17.